The van der Waals surface area contributed by atoms with Gasteiger partial charge in [0.1, 0.15) is 17.0 Å². The second-order valence-electron chi connectivity index (χ2n) is 7.93. The van der Waals surface area contributed by atoms with Gasteiger partial charge in [-0.25, -0.2) is 0 Å². The van der Waals surface area contributed by atoms with Crippen LogP contribution in [0.25, 0.3) is 0 Å². The molecule has 29 heavy (non-hydrogen) atoms. The van der Waals surface area contributed by atoms with Crippen molar-refractivity contribution < 1.29 is 23.4 Å². The first-order valence-corrected chi connectivity index (χ1v) is 9.59. The maximum Gasteiger partial charge on any atom is 0.387 e. The number of aromatic nitrogens is 3. The molecule has 2 heterocycles. The number of rotatable bonds is 5. The number of piperidine rings is 1. The number of aryl methyl sites for hydroxylation is 1. The van der Waals surface area contributed by atoms with Crippen LogP contribution in [-0.2, 0) is 5.60 Å². The van der Waals surface area contributed by atoms with Crippen molar-refractivity contribution in [3.8, 4) is 5.75 Å². The Hall–Kier alpha value is -2.55. The predicted molar refractivity (Wildman–Crippen MR) is 102 cm³/mol. The van der Waals surface area contributed by atoms with Gasteiger partial charge in [0.2, 0.25) is 0 Å². The smallest absolute Gasteiger partial charge is 0.387 e. The number of ether oxygens (including phenoxy) is 1. The Kier molecular flexibility index (Phi) is 5.88. The van der Waals surface area contributed by atoms with E-state index in [9.17, 15) is 18.7 Å². The van der Waals surface area contributed by atoms with E-state index in [1.165, 1.54) is 12.1 Å². The zero-order chi connectivity index (χ0) is 21.3. The van der Waals surface area contributed by atoms with Crippen LogP contribution in [0.1, 0.15) is 61.4 Å². The molecule has 2 atom stereocenters. The van der Waals surface area contributed by atoms with Gasteiger partial charge in [-0.3, -0.25) is 4.79 Å². The summed E-state index contributed by atoms with van der Waals surface area (Å²) in [5.41, 5.74) is 0.0992. The molecule has 7 nitrogen and oxygen atoms in total. The third kappa shape index (κ3) is 4.55. The van der Waals surface area contributed by atoms with Crippen LogP contribution in [0.4, 0.5) is 8.78 Å². The number of halogens is 2. The molecule has 0 spiro atoms. The van der Waals surface area contributed by atoms with Crippen molar-refractivity contribution in [2.24, 2.45) is 0 Å². The first-order valence-electron chi connectivity index (χ1n) is 9.59. The molecular weight excluding hydrogens is 382 g/mol. The quantitative estimate of drug-likeness (QED) is 0.821. The van der Waals surface area contributed by atoms with E-state index >= 15 is 0 Å². The number of carbonyl (C=O) groups excluding carboxylic acids is 1. The summed E-state index contributed by atoms with van der Waals surface area (Å²) in [4.78, 5) is 16.3. The molecule has 1 aliphatic rings. The van der Waals surface area contributed by atoms with E-state index in [0.717, 1.165) is 6.42 Å². The summed E-state index contributed by atoms with van der Waals surface area (Å²) in [6.07, 6.45) is 1.48. The van der Waals surface area contributed by atoms with Crippen LogP contribution in [-0.4, -0.2) is 50.1 Å². The number of hydrogen-bond donors (Lipinski definition) is 1. The Bertz CT molecular complexity index is 879. The molecule has 1 fully saturated rings. The van der Waals surface area contributed by atoms with Gasteiger partial charge in [-0.15, -0.1) is 0 Å². The SMILES string of the molecule is Cc1nn([C@@H]2CC[C@@H](C)N(C(=O)c3ccccc3OC(F)F)C2)nc1C(C)(C)O. The molecule has 0 aliphatic carbocycles. The lowest BCUT2D eigenvalue weighted by atomic mass is 9.98. The second-order valence-corrected chi connectivity index (χ2v) is 7.93. The molecular formula is C20H26F2N4O3. The number of aliphatic hydroxyl groups is 1. The van der Waals surface area contributed by atoms with Gasteiger partial charge in [-0.05, 0) is 52.7 Å². The zero-order valence-corrected chi connectivity index (χ0v) is 17.0. The third-order valence-corrected chi connectivity index (χ3v) is 5.16. The van der Waals surface area contributed by atoms with E-state index in [2.05, 4.69) is 14.9 Å². The van der Waals surface area contributed by atoms with Crippen LogP contribution in [0, 0.1) is 6.92 Å². The van der Waals surface area contributed by atoms with Crippen molar-refractivity contribution in [3.05, 3.63) is 41.2 Å². The molecule has 1 aromatic carbocycles. The number of amides is 1. The highest BCUT2D eigenvalue weighted by Crippen LogP contribution is 2.30. The molecule has 3 rings (SSSR count). The van der Waals surface area contributed by atoms with E-state index in [1.54, 1.807) is 42.6 Å². The van der Waals surface area contributed by atoms with Crippen LogP contribution in [0.15, 0.2) is 24.3 Å². The zero-order valence-electron chi connectivity index (χ0n) is 17.0. The van der Waals surface area contributed by atoms with Crippen molar-refractivity contribution in [3.63, 3.8) is 0 Å². The second kappa shape index (κ2) is 8.06. The van der Waals surface area contributed by atoms with E-state index in [0.29, 0.717) is 24.4 Å². The largest absolute Gasteiger partial charge is 0.434 e. The Morgan fingerprint density at radius 1 is 1.28 bits per heavy atom. The lowest BCUT2D eigenvalue weighted by Crippen LogP contribution is -2.46. The van der Waals surface area contributed by atoms with E-state index in [-0.39, 0.29) is 29.3 Å². The van der Waals surface area contributed by atoms with Gasteiger partial charge >= 0.3 is 6.61 Å². The topological polar surface area (TPSA) is 80.5 Å². The van der Waals surface area contributed by atoms with E-state index < -0.39 is 12.2 Å². The van der Waals surface area contributed by atoms with Gasteiger partial charge in [0, 0.05) is 12.6 Å². The molecule has 0 bridgehead atoms. The summed E-state index contributed by atoms with van der Waals surface area (Å²) in [5, 5.41) is 19.1. The Labute approximate surface area is 168 Å². The van der Waals surface area contributed by atoms with Crippen molar-refractivity contribution in [2.45, 2.75) is 64.8 Å². The Morgan fingerprint density at radius 3 is 2.59 bits per heavy atom. The van der Waals surface area contributed by atoms with Gasteiger partial charge < -0.3 is 14.7 Å². The maximum atomic E-state index is 13.1. The summed E-state index contributed by atoms with van der Waals surface area (Å²) in [6, 6.07) is 5.77. The fraction of sp³-hybridized carbons (Fsp3) is 0.550. The number of alkyl halides is 2. The highest BCUT2D eigenvalue weighted by Gasteiger charge is 2.34. The highest BCUT2D eigenvalue weighted by atomic mass is 19.3. The normalized spacial score (nSPS) is 20.2. The fourth-order valence-electron chi connectivity index (χ4n) is 3.68. The molecule has 0 radical (unpaired) electrons. The van der Waals surface area contributed by atoms with Crippen LogP contribution in [0.5, 0.6) is 5.75 Å². The highest BCUT2D eigenvalue weighted by molar-refractivity contribution is 5.97. The Morgan fingerprint density at radius 2 is 1.97 bits per heavy atom. The number of benzene rings is 1. The van der Waals surface area contributed by atoms with Crippen molar-refractivity contribution >= 4 is 5.91 Å². The molecule has 1 saturated heterocycles. The van der Waals surface area contributed by atoms with E-state index in [4.69, 9.17) is 0 Å². The number of carbonyl (C=O) groups is 1. The minimum atomic E-state index is -3.01. The van der Waals surface area contributed by atoms with E-state index in [1.807, 2.05) is 6.92 Å². The molecule has 1 aliphatic heterocycles. The molecule has 0 saturated carbocycles. The first kappa shape index (κ1) is 21.2. The number of nitrogens with zero attached hydrogens (tertiary/aromatic N) is 4. The van der Waals surface area contributed by atoms with Crippen LogP contribution >= 0.6 is 0 Å². The van der Waals surface area contributed by atoms with Crippen molar-refractivity contribution in [2.75, 3.05) is 6.54 Å². The lowest BCUT2D eigenvalue weighted by molar-refractivity contribution is -0.0503. The fourth-order valence-corrected chi connectivity index (χ4v) is 3.68. The van der Waals surface area contributed by atoms with Gasteiger partial charge in [0.15, 0.2) is 0 Å². The average molecular weight is 408 g/mol. The molecule has 1 amide bonds. The molecule has 1 N–H and O–H groups in total. The minimum absolute atomic E-state index is 0.0660. The van der Waals surface area contributed by atoms with Crippen molar-refractivity contribution in [1.82, 2.24) is 19.9 Å². The standard InChI is InChI=1S/C20H26F2N4O3/c1-12-9-10-14(26-23-13(2)17(24-26)20(3,4)28)11-25(12)18(27)15-7-5-6-8-16(15)29-19(21)22/h5-8,12,14,19,28H,9-11H2,1-4H3/t12-,14-/m1/s1. The number of likely N-dealkylation sites (tertiary alicyclic amines) is 1. The molecule has 158 valence electrons. The van der Waals surface area contributed by atoms with Gasteiger partial charge in [0.25, 0.3) is 5.91 Å². The third-order valence-electron chi connectivity index (χ3n) is 5.16. The molecule has 1 aromatic heterocycles. The van der Waals surface area contributed by atoms with Crippen LogP contribution in [0.2, 0.25) is 0 Å². The van der Waals surface area contributed by atoms with Gasteiger partial charge in [-0.2, -0.15) is 23.8 Å². The minimum Gasteiger partial charge on any atom is -0.434 e. The molecule has 9 heteroatoms. The molecule has 2 aromatic rings. The lowest BCUT2D eigenvalue weighted by Gasteiger charge is -2.37. The Balaban J connectivity index is 1.85. The monoisotopic (exact) mass is 408 g/mol. The number of para-hydroxylation sites is 1. The number of hydrogen-bond acceptors (Lipinski definition) is 5. The summed E-state index contributed by atoms with van der Waals surface area (Å²) < 4.78 is 30.0. The summed E-state index contributed by atoms with van der Waals surface area (Å²) in [7, 11) is 0. The van der Waals surface area contributed by atoms with Crippen molar-refractivity contribution in [1.29, 1.82) is 0 Å². The van der Waals surface area contributed by atoms with Crippen LogP contribution < -0.4 is 4.74 Å². The summed E-state index contributed by atoms with van der Waals surface area (Å²) >= 11 is 0. The maximum absolute atomic E-state index is 13.1. The first-order chi connectivity index (χ1) is 13.6. The van der Waals surface area contributed by atoms with Gasteiger partial charge in [-0.1, -0.05) is 12.1 Å². The van der Waals surface area contributed by atoms with Gasteiger partial charge in [0.05, 0.1) is 17.3 Å². The van der Waals surface area contributed by atoms with Crippen LogP contribution in [0.3, 0.4) is 0 Å². The predicted octanol–water partition coefficient (Wildman–Crippen LogP) is 3.28. The summed E-state index contributed by atoms with van der Waals surface area (Å²) in [6.45, 7) is 4.33. The molecule has 0 unspecified atom stereocenters. The summed E-state index contributed by atoms with van der Waals surface area (Å²) in [5.74, 6) is -0.510. The average Bonchev–Trinajstić information content (AvgIpc) is 3.04.